The summed E-state index contributed by atoms with van der Waals surface area (Å²) in [5.74, 6) is 1.41. The average Bonchev–Trinajstić information content (AvgIpc) is 2.89. The van der Waals surface area contributed by atoms with Crippen molar-refractivity contribution in [2.75, 3.05) is 13.2 Å². The highest BCUT2D eigenvalue weighted by molar-refractivity contribution is 5.81. The SMILES string of the molecule is Cc1cc(C)n(C[C@H](C)CNC(=O)[C@@H]2COc3ccccc3O2)n1. The number of para-hydroxylation sites is 2. The molecule has 1 aromatic heterocycles. The number of hydrogen-bond donors (Lipinski definition) is 1. The molecule has 0 radical (unpaired) electrons. The lowest BCUT2D eigenvalue weighted by Crippen LogP contribution is -2.45. The number of amides is 1. The van der Waals surface area contributed by atoms with E-state index in [1.807, 2.05) is 36.7 Å². The van der Waals surface area contributed by atoms with Gasteiger partial charge in [0.05, 0.1) is 5.69 Å². The molecule has 1 N–H and O–H groups in total. The van der Waals surface area contributed by atoms with E-state index in [9.17, 15) is 4.79 Å². The predicted molar refractivity (Wildman–Crippen MR) is 90.2 cm³/mol. The van der Waals surface area contributed by atoms with Crippen molar-refractivity contribution in [2.24, 2.45) is 5.92 Å². The number of rotatable bonds is 5. The number of carbonyl (C=O) groups excluding carboxylic acids is 1. The highest BCUT2D eigenvalue weighted by Crippen LogP contribution is 2.30. The van der Waals surface area contributed by atoms with Gasteiger partial charge in [-0.2, -0.15) is 5.10 Å². The minimum atomic E-state index is -0.610. The van der Waals surface area contributed by atoms with Gasteiger partial charge in [-0.05, 0) is 38.0 Å². The summed E-state index contributed by atoms with van der Waals surface area (Å²) in [5, 5.41) is 7.40. The van der Waals surface area contributed by atoms with Gasteiger partial charge < -0.3 is 14.8 Å². The molecule has 24 heavy (non-hydrogen) atoms. The number of aryl methyl sites for hydroxylation is 2. The van der Waals surface area contributed by atoms with E-state index in [0.29, 0.717) is 18.0 Å². The van der Waals surface area contributed by atoms with E-state index in [4.69, 9.17) is 9.47 Å². The maximum atomic E-state index is 12.3. The smallest absolute Gasteiger partial charge is 0.264 e. The van der Waals surface area contributed by atoms with Crippen LogP contribution in [0.25, 0.3) is 0 Å². The van der Waals surface area contributed by atoms with Crippen LogP contribution in [-0.4, -0.2) is 34.9 Å². The number of ether oxygens (including phenoxy) is 2. The summed E-state index contributed by atoms with van der Waals surface area (Å²) in [6.07, 6.45) is -0.610. The Kier molecular flexibility index (Phi) is 4.74. The summed E-state index contributed by atoms with van der Waals surface area (Å²) in [7, 11) is 0. The summed E-state index contributed by atoms with van der Waals surface area (Å²) in [6, 6.07) is 9.43. The topological polar surface area (TPSA) is 65.4 Å². The van der Waals surface area contributed by atoms with Gasteiger partial charge in [0.25, 0.3) is 5.91 Å². The fourth-order valence-electron chi connectivity index (χ4n) is 2.76. The van der Waals surface area contributed by atoms with Crippen molar-refractivity contribution in [3.05, 3.63) is 41.7 Å². The standard InChI is InChI=1S/C18H23N3O3/c1-12(10-21-14(3)8-13(2)20-21)9-19-18(22)17-11-23-15-6-4-5-7-16(15)24-17/h4-8,12,17H,9-11H2,1-3H3,(H,19,22)/t12-,17+/m1/s1. The number of benzene rings is 1. The van der Waals surface area contributed by atoms with Gasteiger partial charge in [-0.3, -0.25) is 9.48 Å². The first kappa shape index (κ1) is 16.4. The lowest BCUT2D eigenvalue weighted by atomic mass is 10.1. The molecule has 1 amide bonds. The summed E-state index contributed by atoms with van der Waals surface area (Å²) in [6.45, 7) is 7.67. The third-order valence-corrected chi connectivity index (χ3v) is 4.01. The van der Waals surface area contributed by atoms with Crippen molar-refractivity contribution in [3.63, 3.8) is 0 Å². The molecule has 1 aliphatic heterocycles. The second-order valence-electron chi connectivity index (χ2n) is 6.32. The van der Waals surface area contributed by atoms with Gasteiger partial charge in [-0.25, -0.2) is 0 Å². The summed E-state index contributed by atoms with van der Waals surface area (Å²) >= 11 is 0. The quantitative estimate of drug-likeness (QED) is 0.912. The van der Waals surface area contributed by atoms with E-state index >= 15 is 0 Å². The molecule has 2 atom stereocenters. The highest BCUT2D eigenvalue weighted by atomic mass is 16.6. The van der Waals surface area contributed by atoms with Crippen molar-refractivity contribution >= 4 is 5.91 Å². The molecule has 0 unspecified atom stereocenters. The molecule has 0 bridgehead atoms. The van der Waals surface area contributed by atoms with Crippen LogP contribution in [0.3, 0.4) is 0 Å². The van der Waals surface area contributed by atoms with Gasteiger partial charge in [-0.1, -0.05) is 19.1 Å². The van der Waals surface area contributed by atoms with Gasteiger partial charge in [0.15, 0.2) is 11.5 Å². The van der Waals surface area contributed by atoms with E-state index in [2.05, 4.69) is 23.4 Å². The average molecular weight is 329 g/mol. The minimum absolute atomic E-state index is 0.148. The molecule has 0 fully saturated rings. The fraction of sp³-hybridized carbons (Fsp3) is 0.444. The van der Waals surface area contributed by atoms with E-state index in [1.54, 1.807) is 6.07 Å². The van der Waals surface area contributed by atoms with E-state index < -0.39 is 6.10 Å². The van der Waals surface area contributed by atoms with Gasteiger partial charge in [0.2, 0.25) is 6.10 Å². The van der Waals surface area contributed by atoms with Crippen molar-refractivity contribution in [2.45, 2.75) is 33.4 Å². The van der Waals surface area contributed by atoms with Crippen LogP contribution in [0.2, 0.25) is 0 Å². The Morgan fingerprint density at radius 3 is 2.83 bits per heavy atom. The highest BCUT2D eigenvalue weighted by Gasteiger charge is 2.27. The van der Waals surface area contributed by atoms with Crippen LogP contribution >= 0.6 is 0 Å². The Balaban J connectivity index is 1.50. The largest absolute Gasteiger partial charge is 0.485 e. The first-order valence-corrected chi connectivity index (χ1v) is 8.20. The molecular weight excluding hydrogens is 306 g/mol. The molecule has 1 aromatic carbocycles. The molecule has 0 saturated heterocycles. The number of carbonyl (C=O) groups is 1. The Bertz CT molecular complexity index is 726. The Labute approximate surface area is 141 Å². The van der Waals surface area contributed by atoms with Crippen LogP contribution in [-0.2, 0) is 11.3 Å². The minimum Gasteiger partial charge on any atom is -0.485 e. The zero-order valence-electron chi connectivity index (χ0n) is 14.3. The van der Waals surface area contributed by atoms with Gasteiger partial charge in [-0.15, -0.1) is 0 Å². The number of hydrogen-bond acceptors (Lipinski definition) is 4. The van der Waals surface area contributed by atoms with Crippen LogP contribution in [0.4, 0.5) is 0 Å². The summed E-state index contributed by atoms with van der Waals surface area (Å²) in [5.41, 5.74) is 2.14. The zero-order chi connectivity index (χ0) is 17.1. The molecule has 2 heterocycles. The molecule has 6 nitrogen and oxygen atoms in total. The number of nitrogens with zero attached hydrogens (tertiary/aromatic N) is 2. The molecule has 3 rings (SSSR count). The van der Waals surface area contributed by atoms with Crippen molar-refractivity contribution in [3.8, 4) is 11.5 Å². The molecule has 1 aliphatic rings. The molecule has 6 heteroatoms. The van der Waals surface area contributed by atoms with Crippen molar-refractivity contribution in [1.82, 2.24) is 15.1 Å². The second-order valence-corrected chi connectivity index (χ2v) is 6.32. The summed E-state index contributed by atoms with van der Waals surface area (Å²) in [4.78, 5) is 12.3. The summed E-state index contributed by atoms with van der Waals surface area (Å²) < 4.78 is 13.3. The van der Waals surface area contributed by atoms with E-state index in [-0.39, 0.29) is 18.4 Å². The van der Waals surface area contributed by atoms with Crippen molar-refractivity contribution in [1.29, 1.82) is 0 Å². The Morgan fingerprint density at radius 2 is 2.12 bits per heavy atom. The Morgan fingerprint density at radius 1 is 1.38 bits per heavy atom. The maximum Gasteiger partial charge on any atom is 0.264 e. The molecule has 2 aromatic rings. The van der Waals surface area contributed by atoms with Crippen LogP contribution in [0, 0.1) is 19.8 Å². The van der Waals surface area contributed by atoms with Crippen LogP contribution < -0.4 is 14.8 Å². The Hall–Kier alpha value is -2.50. The van der Waals surface area contributed by atoms with E-state index in [1.165, 1.54) is 0 Å². The normalized spacial score (nSPS) is 17.4. The second kappa shape index (κ2) is 6.95. The van der Waals surface area contributed by atoms with Crippen LogP contribution in [0.1, 0.15) is 18.3 Å². The maximum absolute atomic E-state index is 12.3. The van der Waals surface area contributed by atoms with Crippen molar-refractivity contribution < 1.29 is 14.3 Å². The number of fused-ring (bicyclic) bond motifs is 1. The molecule has 0 saturated carbocycles. The predicted octanol–water partition coefficient (Wildman–Crippen LogP) is 2.09. The first-order chi connectivity index (χ1) is 11.5. The van der Waals surface area contributed by atoms with Gasteiger partial charge >= 0.3 is 0 Å². The molecule has 128 valence electrons. The first-order valence-electron chi connectivity index (χ1n) is 8.20. The fourth-order valence-corrected chi connectivity index (χ4v) is 2.76. The lowest BCUT2D eigenvalue weighted by molar-refractivity contribution is -0.130. The zero-order valence-corrected chi connectivity index (χ0v) is 14.3. The lowest BCUT2D eigenvalue weighted by Gasteiger charge is -2.26. The van der Waals surface area contributed by atoms with E-state index in [0.717, 1.165) is 17.9 Å². The van der Waals surface area contributed by atoms with Crippen LogP contribution in [0.15, 0.2) is 30.3 Å². The third kappa shape index (κ3) is 3.69. The third-order valence-electron chi connectivity index (χ3n) is 4.01. The number of nitrogens with one attached hydrogen (secondary N) is 1. The van der Waals surface area contributed by atoms with Gasteiger partial charge in [0.1, 0.15) is 6.61 Å². The molecule has 0 spiro atoms. The molecular formula is C18H23N3O3. The van der Waals surface area contributed by atoms with Crippen LogP contribution in [0.5, 0.6) is 11.5 Å². The van der Waals surface area contributed by atoms with Gasteiger partial charge in [0, 0.05) is 18.8 Å². The molecule has 0 aliphatic carbocycles. The number of aromatic nitrogens is 2. The monoisotopic (exact) mass is 329 g/mol.